The van der Waals surface area contributed by atoms with Crippen LogP contribution in [0.5, 0.6) is 11.8 Å². The summed E-state index contributed by atoms with van der Waals surface area (Å²) in [5.41, 5.74) is 4.61. The zero-order chi connectivity index (χ0) is 20.4. The lowest BCUT2D eigenvalue weighted by Gasteiger charge is -2.28. The van der Waals surface area contributed by atoms with Gasteiger partial charge in [0, 0.05) is 42.4 Å². The molecule has 0 aliphatic carbocycles. The highest BCUT2D eigenvalue weighted by atomic mass is 16.5. The van der Waals surface area contributed by atoms with Gasteiger partial charge in [0.25, 0.3) is 5.56 Å². The first kappa shape index (κ1) is 19.1. The first-order valence-electron chi connectivity index (χ1n) is 9.56. The number of hydrogen-bond acceptors (Lipinski definition) is 6. The number of hydrogen-bond donors (Lipinski definition) is 1. The van der Waals surface area contributed by atoms with E-state index in [-0.39, 0.29) is 5.56 Å². The predicted molar refractivity (Wildman–Crippen MR) is 110 cm³/mol. The van der Waals surface area contributed by atoms with E-state index in [1.807, 2.05) is 43.3 Å². The maximum atomic E-state index is 12.6. The Labute approximate surface area is 169 Å². The van der Waals surface area contributed by atoms with Crippen molar-refractivity contribution in [3.05, 3.63) is 69.1 Å². The Hall–Kier alpha value is -3.19. The molecule has 7 heteroatoms. The summed E-state index contributed by atoms with van der Waals surface area (Å²) in [7, 11) is 3.18. The quantitative estimate of drug-likeness (QED) is 0.719. The Morgan fingerprint density at radius 3 is 2.59 bits per heavy atom. The lowest BCUT2D eigenvalue weighted by atomic mass is 10.0. The number of nitrogens with zero attached hydrogens (tertiary/aromatic N) is 3. The van der Waals surface area contributed by atoms with Gasteiger partial charge in [-0.15, -0.1) is 0 Å². The van der Waals surface area contributed by atoms with Crippen molar-refractivity contribution < 1.29 is 9.47 Å². The molecule has 7 nitrogen and oxygen atoms in total. The molecule has 1 aliphatic rings. The van der Waals surface area contributed by atoms with E-state index in [1.54, 1.807) is 14.2 Å². The van der Waals surface area contributed by atoms with Crippen molar-refractivity contribution in [2.45, 2.75) is 26.4 Å². The van der Waals surface area contributed by atoms with Gasteiger partial charge in [-0.1, -0.05) is 29.8 Å². The summed E-state index contributed by atoms with van der Waals surface area (Å²) in [5.74, 6) is 1.68. The van der Waals surface area contributed by atoms with Crippen LogP contribution in [0.15, 0.2) is 41.2 Å². The van der Waals surface area contributed by atoms with Gasteiger partial charge in [-0.05, 0) is 19.4 Å². The molecule has 2 aromatic heterocycles. The molecule has 0 unspecified atom stereocenters. The summed E-state index contributed by atoms with van der Waals surface area (Å²) < 4.78 is 10.6. The average molecular weight is 392 g/mol. The largest absolute Gasteiger partial charge is 0.481 e. The van der Waals surface area contributed by atoms with E-state index < -0.39 is 0 Å². The highest BCUT2D eigenvalue weighted by Crippen LogP contribution is 2.24. The number of methoxy groups -OCH3 is 2. The Kier molecular flexibility index (Phi) is 5.31. The zero-order valence-corrected chi connectivity index (χ0v) is 16.9. The van der Waals surface area contributed by atoms with E-state index in [0.717, 1.165) is 28.9 Å². The second kappa shape index (κ2) is 8.05. The summed E-state index contributed by atoms with van der Waals surface area (Å²) in [6.45, 7) is 4.07. The number of aromatic amines is 1. The maximum absolute atomic E-state index is 12.6. The second-order valence-corrected chi connectivity index (χ2v) is 7.19. The fourth-order valence-corrected chi connectivity index (χ4v) is 3.58. The van der Waals surface area contributed by atoms with Crippen molar-refractivity contribution in [3.8, 4) is 23.1 Å². The molecule has 0 atom stereocenters. The molecule has 0 saturated carbocycles. The normalized spacial score (nSPS) is 13.8. The minimum atomic E-state index is -0.0473. The first-order chi connectivity index (χ1) is 14.1. The molecule has 3 heterocycles. The maximum Gasteiger partial charge on any atom is 0.254 e. The average Bonchev–Trinajstić information content (AvgIpc) is 2.74. The second-order valence-electron chi connectivity index (χ2n) is 7.19. The molecular formula is C22H24N4O3. The topological polar surface area (TPSA) is 80.3 Å². The van der Waals surface area contributed by atoms with E-state index in [4.69, 9.17) is 14.5 Å². The lowest BCUT2D eigenvalue weighted by molar-refractivity contribution is 0.235. The summed E-state index contributed by atoms with van der Waals surface area (Å²) in [4.78, 5) is 26.9. The Balaban J connectivity index is 1.59. The van der Waals surface area contributed by atoms with Gasteiger partial charge in [0.2, 0.25) is 11.8 Å². The Morgan fingerprint density at radius 1 is 1.07 bits per heavy atom. The van der Waals surface area contributed by atoms with Crippen molar-refractivity contribution in [2.75, 3.05) is 20.8 Å². The van der Waals surface area contributed by atoms with E-state index >= 15 is 0 Å². The molecule has 150 valence electrons. The van der Waals surface area contributed by atoms with Crippen molar-refractivity contribution in [1.29, 1.82) is 0 Å². The van der Waals surface area contributed by atoms with Gasteiger partial charge in [0.05, 0.1) is 19.9 Å². The van der Waals surface area contributed by atoms with E-state index in [9.17, 15) is 4.79 Å². The molecule has 3 aromatic rings. The molecule has 0 fully saturated rings. The van der Waals surface area contributed by atoms with Crippen LogP contribution in [0.4, 0.5) is 0 Å². The van der Waals surface area contributed by atoms with Crippen LogP contribution < -0.4 is 15.0 Å². The van der Waals surface area contributed by atoms with Crippen LogP contribution in [-0.4, -0.2) is 40.6 Å². The van der Waals surface area contributed by atoms with Crippen molar-refractivity contribution in [2.24, 2.45) is 0 Å². The predicted octanol–water partition coefficient (Wildman–Crippen LogP) is 2.72. The van der Waals surface area contributed by atoms with Crippen LogP contribution in [0.2, 0.25) is 0 Å². The van der Waals surface area contributed by atoms with Crippen LogP contribution in [0.25, 0.3) is 11.4 Å². The van der Waals surface area contributed by atoms with Gasteiger partial charge in [0.15, 0.2) is 0 Å². The zero-order valence-electron chi connectivity index (χ0n) is 16.9. The van der Waals surface area contributed by atoms with Crippen molar-refractivity contribution >= 4 is 0 Å². The highest BCUT2D eigenvalue weighted by Gasteiger charge is 2.22. The lowest BCUT2D eigenvalue weighted by Crippen LogP contribution is -2.35. The summed E-state index contributed by atoms with van der Waals surface area (Å²) in [6, 6.07) is 11.8. The standard InChI is InChI=1S/C22H24N4O3/c1-14-4-6-15(7-5-14)20-23-18-13-26(11-10-17(18)21(27)25-20)12-16-8-9-19(28-2)24-22(16)29-3/h4-9H,10-13H2,1-3H3,(H,23,25,27). The van der Waals surface area contributed by atoms with E-state index in [1.165, 1.54) is 5.56 Å². The number of ether oxygens (including phenoxy) is 2. The molecule has 1 aliphatic heterocycles. The van der Waals surface area contributed by atoms with Crippen molar-refractivity contribution in [3.63, 3.8) is 0 Å². The number of H-pyrrole nitrogens is 1. The fourth-order valence-electron chi connectivity index (χ4n) is 3.58. The molecule has 1 N–H and O–H groups in total. The molecule has 0 amide bonds. The highest BCUT2D eigenvalue weighted by molar-refractivity contribution is 5.55. The third-order valence-corrected chi connectivity index (χ3v) is 5.19. The number of benzene rings is 1. The van der Waals surface area contributed by atoms with E-state index in [2.05, 4.69) is 14.9 Å². The summed E-state index contributed by atoms with van der Waals surface area (Å²) in [5, 5.41) is 0. The molecule has 29 heavy (non-hydrogen) atoms. The number of pyridine rings is 1. The van der Waals surface area contributed by atoms with Gasteiger partial charge in [-0.3, -0.25) is 9.69 Å². The van der Waals surface area contributed by atoms with E-state index in [0.29, 0.717) is 37.1 Å². The van der Waals surface area contributed by atoms with Gasteiger partial charge >= 0.3 is 0 Å². The van der Waals surface area contributed by atoms with Crippen LogP contribution in [0.1, 0.15) is 22.4 Å². The SMILES string of the molecule is COc1ccc(CN2CCc3c(nc(-c4ccc(C)cc4)[nH]c3=O)C2)c(OC)n1. The summed E-state index contributed by atoms with van der Waals surface area (Å²) >= 11 is 0. The molecule has 0 radical (unpaired) electrons. The van der Waals surface area contributed by atoms with Gasteiger partial charge < -0.3 is 14.5 Å². The third kappa shape index (κ3) is 4.00. The van der Waals surface area contributed by atoms with Gasteiger partial charge in [0.1, 0.15) is 5.82 Å². The number of aryl methyl sites for hydroxylation is 1. The number of rotatable bonds is 5. The number of fused-ring (bicyclic) bond motifs is 1. The fraction of sp³-hybridized carbons (Fsp3) is 0.318. The van der Waals surface area contributed by atoms with Gasteiger partial charge in [-0.25, -0.2) is 4.98 Å². The minimum Gasteiger partial charge on any atom is -0.481 e. The molecule has 0 saturated heterocycles. The minimum absolute atomic E-state index is 0.0473. The van der Waals surface area contributed by atoms with Crippen molar-refractivity contribution in [1.82, 2.24) is 19.9 Å². The Bertz CT molecular complexity index is 1080. The summed E-state index contributed by atoms with van der Waals surface area (Å²) in [6.07, 6.45) is 0.664. The van der Waals surface area contributed by atoms with Crippen LogP contribution in [0.3, 0.4) is 0 Å². The monoisotopic (exact) mass is 392 g/mol. The first-order valence-corrected chi connectivity index (χ1v) is 9.56. The van der Waals surface area contributed by atoms with Crippen LogP contribution in [-0.2, 0) is 19.5 Å². The molecular weight excluding hydrogens is 368 g/mol. The number of aromatic nitrogens is 3. The third-order valence-electron chi connectivity index (χ3n) is 5.19. The van der Waals surface area contributed by atoms with Gasteiger partial charge in [-0.2, -0.15) is 4.98 Å². The molecule has 4 rings (SSSR count). The Morgan fingerprint density at radius 2 is 1.86 bits per heavy atom. The molecule has 1 aromatic carbocycles. The van der Waals surface area contributed by atoms with Crippen LogP contribution in [0, 0.1) is 6.92 Å². The molecule has 0 bridgehead atoms. The number of nitrogens with one attached hydrogen (secondary N) is 1. The molecule has 0 spiro atoms. The van der Waals surface area contributed by atoms with Crippen LogP contribution >= 0.6 is 0 Å². The smallest absolute Gasteiger partial charge is 0.254 e.